The van der Waals surface area contributed by atoms with Crippen molar-refractivity contribution in [2.24, 2.45) is 0 Å². The number of methoxy groups -OCH3 is 1. The molecule has 2 aliphatic rings. The molecule has 0 spiro atoms. The van der Waals surface area contributed by atoms with Crippen LogP contribution in [0.3, 0.4) is 0 Å². The number of pyridine rings is 1. The number of aromatic nitrogens is 3. The minimum absolute atomic E-state index is 0.00383. The molecular formula is C22H25N7O2S. The summed E-state index contributed by atoms with van der Waals surface area (Å²) in [6, 6.07) is 10.4. The quantitative estimate of drug-likeness (QED) is 0.526. The number of H-pyrrole nitrogens is 1. The number of nitrogens with one attached hydrogen (secondary N) is 3. The van der Waals surface area contributed by atoms with E-state index in [0.29, 0.717) is 13.1 Å². The lowest BCUT2D eigenvalue weighted by Crippen LogP contribution is -2.49. The number of hydrogen-bond acceptors (Lipinski definition) is 8. The highest BCUT2D eigenvalue weighted by molar-refractivity contribution is 8.00. The number of anilines is 3. The molecule has 166 valence electrons. The van der Waals surface area contributed by atoms with Crippen LogP contribution in [0.25, 0.3) is 11.1 Å². The average molecular weight is 452 g/mol. The van der Waals surface area contributed by atoms with Crippen LogP contribution < -0.4 is 15.5 Å². The SMILES string of the molecule is COCC(=O)N1CCN(c2ccnc(NC3Nc4ccc(-c5cn[nH]c5)cc4S3)c2)CC1. The summed E-state index contributed by atoms with van der Waals surface area (Å²) in [4.78, 5) is 21.8. The Balaban J connectivity index is 1.21. The van der Waals surface area contributed by atoms with E-state index in [1.807, 2.05) is 29.6 Å². The number of fused-ring (bicyclic) bond motifs is 1. The summed E-state index contributed by atoms with van der Waals surface area (Å²) in [7, 11) is 1.55. The third-order valence-electron chi connectivity index (χ3n) is 5.63. The summed E-state index contributed by atoms with van der Waals surface area (Å²) in [6.45, 7) is 3.11. The van der Waals surface area contributed by atoms with Gasteiger partial charge in [0, 0.05) is 67.9 Å². The third-order valence-corrected chi connectivity index (χ3v) is 6.70. The molecule has 1 unspecified atom stereocenters. The molecule has 9 nitrogen and oxygen atoms in total. The lowest BCUT2D eigenvalue weighted by molar-refractivity contribution is -0.135. The van der Waals surface area contributed by atoms with Crippen LogP contribution >= 0.6 is 11.8 Å². The second kappa shape index (κ2) is 9.09. The molecule has 0 saturated carbocycles. The van der Waals surface area contributed by atoms with E-state index in [0.717, 1.165) is 41.4 Å². The van der Waals surface area contributed by atoms with Gasteiger partial charge >= 0.3 is 0 Å². The lowest BCUT2D eigenvalue weighted by Gasteiger charge is -2.36. The van der Waals surface area contributed by atoms with Crippen LogP contribution in [-0.4, -0.2) is 71.4 Å². The maximum Gasteiger partial charge on any atom is 0.248 e. The number of amides is 1. The van der Waals surface area contributed by atoms with Crippen molar-refractivity contribution in [3.8, 4) is 11.1 Å². The van der Waals surface area contributed by atoms with Crippen molar-refractivity contribution in [3.05, 3.63) is 48.9 Å². The standard InChI is InChI=1S/C22H25N7O2S/c1-31-14-21(30)29-8-6-28(7-9-29)17-4-5-23-20(11-17)27-22-26-18-3-2-15(10-19(18)32-22)16-12-24-25-13-16/h2-5,10-13,22,26H,6-9,14H2,1H3,(H,23,27)(H,24,25). The van der Waals surface area contributed by atoms with Crippen LogP contribution in [0, 0.1) is 0 Å². The zero-order valence-electron chi connectivity index (χ0n) is 17.7. The van der Waals surface area contributed by atoms with Gasteiger partial charge in [0.1, 0.15) is 12.4 Å². The Labute approximate surface area is 190 Å². The highest BCUT2D eigenvalue weighted by atomic mass is 32.2. The molecule has 1 fully saturated rings. The predicted molar refractivity (Wildman–Crippen MR) is 126 cm³/mol. The smallest absolute Gasteiger partial charge is 0.248 e. The Morgan fingerprint density at radius 3 is 2.88 bits per heavy atom. The minimum Gasteiger partial charge on any atom is -0.375 e. The summed E-state index contributed by atoms with van der Waals surface area (Å²) in [5.41, 5.74) is 4.41. The summed E-state index contributed by atoms with van der Waals surface area (Å²) < 4.78 is 4.96. The fourth-order valence-corrected chi connectivity index (χ4v) is 5.02. The van der Waals surface area contributed by atoms with E-state index in [9.17, 15) is 4.79 Å². The van der Waals surface area contributed by atoms with E-state index in [4.69, 9.17) is 4.74 Å². The first-order valence-corrected chi connectivity index (χ1v) is 11.4. The van der Waals surface area contributed by atoms with E-state index >= 15 is 0 Å². The number of thioether (sulfide) groups is 1. The number of ether oxygens (including phenoxy) is 1. The fraction of sp³-hybridized carbons (Fsp3) is 0.318. The van der Waals surface area contributed by atoms with Crippen LogP contribution in [0.1, 0.15) is 0 Å². The Hall–Kier alpha value is -3.24. The molecular weight excluding hydrogens is 426 g/mol. The highest BCUT2D eigenvalue weighted by Crippen LogP contribution is 2.40. The Morgan fingerprint density at radius 1 is 1.22 bits per heavy atom. The second-order valence-electron chi connectivity index (χ2n) is 7.68. The molecule has 1 aromatic carbocycles. The summed E-state index contributed by atoms with van der Waals surface area (Å²) in [6.07, 6.45) is 5.55. The second-order valence-corrected chi connectivity index (χ2v) is 8.83. The number of hydrogen-bond donors (Lipinski definition) is 3. The number of carbonyl (C=O) groups excluding carboxylic acids is 1. The number of piperazine rings is 1. The Bertz CT molecular complexity index is 1080. The highest BCUT2D eigenvalue weighted by Gasteiger charge is 2.24. The van der Waals surface area contributed by atoms with Gasteiger partial charge < -0.3 is 25.2 Å². The van der Waals surface area contributed by atoms with Crippen LogP contribution in [0.15, 0.2) is 53.8 Å². The maximum absolute atomic E-state index is 12.0. The molecule has 3 N–H and O–H groups in total. The zero-order valence-corrected chi connectivity index (χ0v) is 18.6. The molecule has 0 aliphatic carbocycles. The first kappa shape index (κ1) is 20.7. The number of rotatable bonds is 6. The van der Waals surface area contributed by atoms with Crippen LogP contribution in [0.2, 0.25) is 0 Å². The molecule has 1 atom stereocenters. The predicted octanol–water partition coefficient (Wildman–Crippen LogP) is 2.68. The van der Waals surface area contributed by atoms with E-state index in [2.05, 4.69) is 55.0 Å². The van der Waals surface area contributed by atoms with Gasteiger partial charge in [-0.1, -0.05) is 17.8 Å². The number of aromatic amines is 1. The Kier molecular flexibility index (Phi) is 5.87. The molecule has 5 rings (SSSR count). The minimum atomic E-state index is -0.00383. The van der Waals surface area contributed by atoms with Crippen molar-refractivity contribution in [2.75, 3.05) is 55.4 Å². The molecule has 10 heteroatoms. The normalized spacial score (nSPS) is 17.7. The zero-order chi connectivity index (χ0) is 21.9. The van der Waals surface area contributed by atoms with Gasteiger partial charge in [-0.15, -0.1) is 0 Å². The van der Waals surface area contributed by atoms with Gasteiger partial charge in [0.25, 0.3) is 0 Å². The summed E-state index contributed by atoms with van der Waals surface area (Å²) >= 11 is 1.73. The van der Waals surface area contributed by atoms with Crippen molar-refractivity contribution in [3.63, 3.8) is 0 Å². The van der Waals surface area contributed by atoms with Gasteiger partial charge in [-0.3, -0.25) is 9.89 Å². The lowest BCUT2D eigenvalue weighted by atomic mass is 10.1. The number of nitrogens with zero attached hydrogens (tertiary/aromatic N) is 4. The van der Waals surface area contributed by atoms with Gasteiger partial charge in [-0.05, 0) is 23.8 Å². The maximum atomic E-state index is 12.0. The first-order chi connectivity index (χ1) is 15.7. The summed E-state index contributed by atoms with van der Waals surface area (Å²) in [5, 5.41) is 13.9. The summed E-state index contributed by atoms with van der Waals surface area (Å²) in [5.74, 6) is 0.859. The Morgan fingerprint density at radius 2 is 2.09 bits per heavy atom. The molecule has 1 saturated heterocycles. The van der Waals surface area contributed by atoms with Gasteiger partial charge in [0.05, 0.1) is 11.9 Å². The van der Waals surface area contributed by atoms with E-state index < -0.39 is 0 Å². The number of carbonyl (C=O) groups is 1. The van der Waals surface area contributed by atoms with Gasteiger partial charge in [0.15, 0.2) is 5.50 Å². The van der Waals surface area contributed by atoms with Crippen LogP contribution in [-0.2, 0) is 9.53 Å². The fourth-order valence-electron chi connectivity index (χ4n) is 3.95. The molecule has 3 aromatic rings. The van der Waals surface area contributed by atoms with Crippen molar-refractivity contribution >= 4 is 34.9 Å². The van der Waals surface area contributed by atoms with E-state index in [-0.39, 0.29) is 18.0 Å². The van der Waals surface area contributed by atoms with Crippen LogP contribution in [0.4, 0.5) is 17.2 Å². The van der Waals surface area contributed by atoms with Gasteiger partial charge in [-0.2, -0.15) is 5.10 Å². The topological polar surface area (TPSA) is 98.4 Å². The van der Waals surface area contributed by atoms with Crippen molar-refractivity contribution in [1.29, 1.82) is 0 Å². The molecule has 4 heterocycles. The average Bonchev–Trinajstić information content (AvgIpc) is 3.49. The molecule has 0 bridgehead atoms. The largest absolute Gasteiger partial charge is 0.375 e. The first-order valence-electron chi connectivity index (χ1n) is 10.5. The van der Waals surface area contributed by atoms with Crippen molar-refractivity contribution in [2.45, 2.75) is 10.4 Å². The van der Waals surface area contributed by atoms with Crippen LogP contribution in [0.5, 0.6) is 0 Å². The monoisotopic (exact) mass is 451 g/mol. The van der Waals surface area contributed by atoms with Crippen molar-refractivity contribution in [1.82, 2.24) is 20.1 Å². The molecule has 0 radical (unpaired) electrons. The number of benzene rings is 1. The van der Waals surface area contributed by atoms with Crippen molar-refractivity contribution < 1.29 is 9.53 Å². The van der Waals surface area contributed by atoms with Gasteiger partial charge in [0.2, 0.25) is 5.91 Å². The van der Waals surface area contributed by atoms with E-state index in [1.54, 1.807) is 18.9 Å². The molecule has 2 aromatic heterocycles. The van der Waals surface area contributed by atoms with E-state index in [1.165, 1.54) is 4.90 Å². The molecule has 32 heavy (non-hydrogen) atoms. The molecule has 1 amide bonds. The molecule has 2 aliphatic heterocycles. The van der Waals surface area contributed by atoms with Gasteiger partial charge in [-0.25, -0.2) is 4.98 Å². The third kappa shape index (κ3) is 4.37.